The smallest absolute Gasteiger partial charge is 0.0371 e. The molecule has 0 amide bonds. The fraction of sp³-hybridized carbons (Fsp3) is 0.667. The van der Waals surface area contributed by atoms with Crippen molar-refractivity contribution in [2.45, 2.75) is 60.4 Å². The van der Waals surface area contributed by atoms with Gasteiger partial charge in [0.2, 0.25) is 0 Å². The molecule has 108 valence electrons. The highest BCUT2D eigenvalue weighted by Crippen LogP contribution is 2.36. The van der Waals surface area contributed by atoms with E-state index in [4.69, 9.17) is 0 Å². The van der Waals surface area contributed by atoms with Crippen molar-refractivity contribution in [3.05, 3.63) is 35.4 Å². The molecular formula is C18H31N. The van der Waals surface area contributed by atoms with Crippen molar-refractivity contribution in [3.63, 3.8) is 0 Å². The van der Waals surface area contributed by atoms with Crippen LogP contribution in [-0.2, 0) is 6.42 Å². The van der Waals surface area contributed by atoms with Crippen LogP contribution in [0.25, 0.3) is 0 Å². The Morgan fingerprint density at radius 1 is 1.16 bits per heavy atom. The maximum absolute atomic E-state index is 3.67. The Balaban J connectivity index is 3.02. The summed E-state index contributed by atoms with van der Waals surface area (Å²) in [6.07, 6.45) is 2.35. The minimum atomic E-state index is 0.284. The molecular weight excluding hydrogens is 230 g/mol. The molecule has 1 atom stereocenters. The number of nitrogens with one attached hydrogen (secondary N) is 1. The van der Waals surface area contributed by atoms with Gasteiger partial charge in [0.1, 0.15) is 0 Å². The second-order valence-electron chi connectivity index (χ2n) is 6.68. The number of benzene rings is 1. The summed E-state index contributed by atoms with van der Waals surface area (Å²) in [5.74, 6) is 0.715. The third kappa shape index (κ3) is 4.65. The Morgan fingerprint density at radius 3 is 2.37 bits per heavy atom. The molecule has 0 saturated carbocycles. The summed E-state index contributed by atoms with van der Waals surface area (Å²) < 4.78 is 0. The Morgan fingerprint density at radius 2 is 1.84 bits per heavy atom. The highest BCUT2D eigenvalue weighted by Gasteiger charge is 2.28. The molecule has 0 aliphatic carbocycles. The first-order valence-electron chi connectivity index (χ1n) is 7.73. The highest BCUT2D eigenvalue weighted by molar-refractivity contribution is 5.27. The Hall–Kier alpha value is -0.820. The zero-order valence-electron chi connectivity index (χ0n) is 13.6. The molecule has 1 N–H and O–H groups in total. The first-order valence-corrected chi connectivity index (χ1v) is 7.73. The molecule has 1 heteroatoms. The first kappa shape index (κ1) is 16.2. The number of rotatable bonds is 7. The van der Waals surface area contributed by atoms with Crippen molar-refractivity contribution >= 4 is 0 Å². The van der Waals surface area contributed by atoms with E-state index in [0.29, 0.717) is 12.0 Å². The second kappa shape index (κ2) is 7.09. The fourth-order valence-electron chi connectivity index (χ4n) is 2.62. The van der Waals surface area contributed by atoms with Crippen LogP contribution in [0.4, 0.5) is 0 Å². The average Bonchev–Trinajstić information content (AvgIpc) is 2.35. The normalized spacial score (nSPS) is 13.8. The molecule has 1 aromatic carbocycles. The molecule has 1 nitrogen and oxygen atoms in total. The predicted octanol–water partition coefficient (Wildman–Crippen LogP) is 4.97. The largest absolute Gasteiger partial charge is 0.310 e. The van der Waals surface area contributed by atoms with Gasteiger partial charge >= 0.3 is 0 Å². The molecule has 0 fully saturated rings. The van der Waals surface area contributed by atoms with Crippen LogP contribution in [0.15, 0.2) is 24.3 Å². The molecule has 19 heavy (non-hydrogen) atoms. The topological polar surface area (TPSA) is 12.0 Å². The van der Waals surface area contributed by atoms with Crippen molar-refractivity contribution in [1.29, 1.82) is 0 Å². The van der Waals surface area contributed by atoms with Crippen LogP contribution in [0.5, 0.6) is 0 Å². The summed E-state index contributed by atoms with van der Waals surface area (Å²) in [7, 11) is 0. The fourth-order valence-corrected chi connectivity index (χ4v) is 2.62. The molecule has 0 spiro atoms. The van der Waals surface area contributed by atoms with Crippen LogP contribution in [0, 0.1) is 11.3 Å². The number of hydrogen-bond donors (Lipinski definition) is 1. The lowest BCUT2D eigenvalue weighted by molar-refractivity contribution is 0.237. The summed E-state index contributed by atoms with van der Waals surface area (Å²) in [5, 5.41) is 3.67. The summed E-state index contributed by atoms with van der Waals surface area (Å²) in [6, 6.07) is 9.57. The highest BCUT2D eigenvalue weighted by atomic mass is 14.9. The van der Waals surface area contributed by atoms with Crippen molar-refractivity contribution < 1.29 is 0 Å². The van der Waals surface area contributed by atoms with E-state index < -0.39 is 0 Å². The number of hydrogen-bond acceptors (Lipinski definition) is 1. The van der Waals surface area contributed by atoms with Gasteiger partial charge in [-0.25, -0.2) is 0 Å². The van der Waals surface area contributed by atoms with Gasteiger partial charge < -0.3 is 5.32 Å². The molecule has 1 rings (SSSR count). The summed E-state index contributed by atoms with van der Waals surface area (Å²) in [5.41, 5.74) is 3.18. The van der Waals surface area contributed by atoms with Crippen LogP contribution >= 0.6 is 0 Å². The molecule has 1 unspecified atom stereocenters. The van der Waals surface area contributed by atoms with E-state index in [1.807, 2.05) is 0 Å². The van der Waals surface area contributed by atoms with E-state index in [9.17, 15) is 0 Å². The van der Waals surface area contributed by atoms with Gasteiger partial charge in [-0.1, -0.05) is 65.8 Å². The molecule has 0 bridgehead atoms. The van der Waals surface area contributed by atoms with Crippen molar-refractivity contribution in [1.82, 2.24) is 5.32 Å². The second-order valence-corrected chi connectivity index (χ2v) is 6.68. The molecule has 0 heterocycles. The van der Waals surface area contributed by atoms with E-state index in [1.165, 1.54) is 24.0 Å². The van der Waals surface area contributed by atoms with E-state index in [0.717, 1.165) is 6.54 Å². The minimum Gasteiger partial charge on any atom is -0.310 e. The monoisotopic (exact) mass is 261 g/mol. The van der Waals surface area contributed by atoms with E-state index in [2.05, 4.69) is 71.1 Å². The Bertz CT molecular complexity index is 379. The van der Waals surface area contributed by atoms with Crippen LogP contribution in [0.3, 0.4) is 0 Å². The SMILES string of the molecule is CCNC(c1cccc(CC(C)C)c1)C(C)(C)CC. The minimum absolute atomic E-state index is 0.284. The van der Waals surface area contributed by atoms with E-state index in [1.54, 1.807) is 0 Å². The average molecular weight is 261 g/mol. The quantitative estimate of drug-likeness (QED) is 0.730. The zero-order valence-corrected chi connectivity index (χ0v) is 13.6. The summed E-state index contributed by atoms with van der Waals surface area (Å²) in [6.45, 7) is 14.8. The Labute approximate surface area is 119 Å². The van der Waals surface area contributed by atoms with Crippen molar-refractivity contribution in [3.8, 4) is 0 Å². The maximum atomic E-state index is 3.67. The van der Waals surface area contributed by atoms with Gasteiger partial charge in [-0.05, 0) is 41.8 Å². The van der Waals surface area contributed by atoms with Crippen LogP contribution < -0.4 is 5.32 Å². The van der Waals surface area contributed by atoms with Gasteiger partial charge in [0.15, 0.2) is 0 Å². The van der Waals surface area contributed by atoms with E-state index >= 15 is 0 Å². The predicted molar refractivity (Wildman–Crippen MR) is 85.5 cm³/mol. The summed E-state index contributed by atoms with van der Waals surface area (Å²) in [4.78, 5) is 0. The third-order valence-electron chi connectivity index (χ3n) is 4.03. The Kier molecular flexibility index (Phi) is 6.06. The third-order valence-corrected chi connectivity index (χ3v) is 4.03. The lowest BCUT2D eigenvalue weighted by atomic mass is 9.78. The lowest BCUT2D eigenvalue weighted by Gasteiger charge is -2.35. The molecule has 0 aliphatic rings. The van der Waals surface area contributed by atoms with Gasteiger partial charge in [-0.2, -0.15) is 0 Å². The van der Waals surface area contributed by atoms with E-state index in [-0.39, 0.29) is 5.41 Å². The van der Waals surface area contributed by atoms with Gasteiger partial charge in [-0.15, -0.1) is 0 Å². The van der Waals surface area contributed by atoms with Crippen LogP contribution in [0.1, 0.15) is 65.1 Å². The van der Waals surface area contributed by atoms with Crippen LogP contribution in [-0.4, -0.2) is 6.54 Å². The maximum Gasteiger partial charge on any atom is 0.0371 e. The van der Waals surface area contributed by atoms with Crippen molar-refractivity contribution in [2.75, 3.05) is 6.54 Å². The first-order chi connectivity index (χ1) is 8.90. The lowest BCUT2D eigenvalue weighted by Crippen LogP contribution is -2.33. The standard InChI is InChI=1S/C18H31N/c1-7-18(5,6)17(19-8-2)16-11-9-10-15(13-16)12-14(3)4/h9-11,13-14,17,19H,7-8,12H2,1-6H3. The molecule has 0 aromatic heterocycles. The molecule has 0 radical (unpaired) electrons. The molecule has 0 aliphatic heterocycles. The van der Waals surface area contributed by atoms with Crippen LogP contribution in [0.2, 0.25) is 0 Å². The van der Waals surface area contributed by atoms with Crippen molar-refractivity contribution in [2.24, 2.45) is 11.3 Å². The molecule has 0 saturated heterocycles. The van der Waals surface area contributed by atoms with Gasteiger partial charge in [-0.3, -0.25) is 0 Å². The van der Waals surface area contributed by atoms with Gasteiger partial charge in [0.25, 0.3) is 0 Å². The molecule has 1 aromatic rings. The zero-order chi connectivity index (χ0) is 14.5. The van der Waals surface area contributed by atoms with Gasteiger partial charge in [0.05, 0.1) is 0 Å². The summed E-state index contributed by atoms with van der Waals surface area (Å²) >= 11 is 0. The van der Waals surface area contributed by atoms with Gasteiger partial charge in [0, 0.05) is 6.04 Å².